The summed E-state index contributed by atoms with van der Waals surface area (Å²) in [6.45, 7) is 16.3. The van der Waals surface area contributed by atoms with Crippen LogP contribution in [0.1, 0.15) is 96.1 Å². The number of nitrogens with zero attached hydrogens (tertiary/aromatic N) is 2. The zero-order chi connectivity index (χ0) is 43.4. The van der Waals surface area contributed by atoms with Crippen LogP contribution in [0.25, 0.3) is 5.69 Å². The van der Waals surface area contributed by atoms with Crippen LogP contribution in [0.15, 0.2) is 94.6 Å². The molecule has 0 radical (unpaired) electrons. The number of ether oxygens (including phenoxy) is 1. The highest BCUT2D eigenvalue weighted by Gasteiger charge is 2.33. The second-order valence-electron chi connectivity index (χ2n) is 15.4. The van der Waals surface area contributed by atoms with E-state index in [1.165, 1.54) is 42.0 Å². The maximum atomic E-state index is 14.2. The summed E-state index contributed by atoms with van der Waals surface area (Å²) >= 11 is 19.1. The van der Waals surface area contributed by atoms with E-state index in [4.69, 9.17) is 39.5 Å². The van der Waals surface area contributed by atoms with E-state index in [0.29, 0.717) is 17.9 Å². The number of hydrogen-bond acceptors (Lipinski definition) is 6. The van der Waals surface area contributed by atoms with Gasteiger partial charge < -0.3 is 15.4 Å². The topological polar surface area (TPSA) is 143 Å². The van der Waals surface area contributed by atoms with Crippen molar-refractivity contribution in [3.05, 3.63) is 127 Å². The quantitative estimate of drug-likeness (QED) is 0.0901. The number of aromatic nitrogens is 2. The van der Waals surface area contributed by atoms with Crippen molar-refractivity contribution in [3.8, 4) is 11.4 Å². The summed E-state index contributed by atoms with van der Waals surface area (Å²) in [6, 6.07) is 22.7. The van der Waals surface area contributed by atoms with Crippen LogP contribution >= 0.6 is 34.8 Å². The molecule has 1 unspecified atom stereocenters. The Labute approximate surface area is 361 Å². The lowest BCUT2D eigenvalue weighted by Crippen LogP contribution is -2.35. The molecular weight excluding hydrogens is 833 g/mol. The number of amides is 2. The van der Waals surface area contributed by atoms with Gasteiger partial charge in [0.15, 0.2) is 17.6 Å². The smallest absolute Gasteiger partial charge is 0.298 e. The molecule has 5 aromatic rings. The third-order valence-corrected chi connectivity index (χ3v) is 13.4. The van der Waals surface area contributed by atoms with Crippen LogP contribution in [-0.2, 0) is 25.6 Å². The minimum atomic E-state index is -4.32. The normalized spacial score (nSPS) is 12.5. The molecule has 0 fully saturated rings. The van der Waals surface area contributed by atoms with E-state index in [1.54, 1.807) is 37.3 Å². The molecule has 314 valence electrons. The highest BCUT2D eigenvalue weighted by atomic mass is 35.5. The fraction of sp³-hybridized carbons (Fsp3) is 0.341. The van der Waals surface area contributed by atoms with Crippen molar-refractivity contribution in [2.75, 3.05) is 21.5 Å². The van der Waals surface area contributed by atoms with Gasteiger partial charge in [-0.2, -0.15) is 0 Å². The lowest BCUT2D eigenvalue weighted by molar-refractivity contribution is -0.122. The number of sulfonamides is 1. The van der Waals surface area contributed by atoms with Crippen LogP contribution in [-0.4, -0.2) is 42.7 Å². The first-order chi connectivity index (χ1) is 27.8. The maximum Gasteiger partial charge on any atom is 0.298 e. The van der Waals surface area contributed by atoms with Crippen LogP contribution in [0.4, 0.5) is 17.2 Å². The first kappa shape index (κ1) is 45.3. The lowest BCUT2D eigenvalue weighted by atomic mass is 9.76. The summed E-state index contributed by atoms with van der Waals surface area (Å²) in [7, 11) is -4.32. The van der Waals surface area contributed by atoms with Crippen LogP contribution in [0.3, 0.4) is 0 Å². The average molecular weight is 883 g/mol. The maximum absolute atomic E-state index is 14.2. The molecule has 1 aromatic heterocycles. The summed E-state index contributed by atoms with van der Waals surface area (Å²) in [5.74, 6) is -0.747. The number of hydrogen-bond donors (Lipinski definition) is 3. The summed E-state index contributed by atoms with van der Waals surface area (Å²) in [6.07, 6.45) is 1.34. The van der Waals surface area contributed by atoms with Crippen molar-refractivity contribution in [3.63, 3.8) is 0 Å². The van der Waals surface area contributed by atoms with Crippen molar-refractivity contribution < 1.29 is 22.7 Å². The third kappa shape index (κ3) is 9.67. The van der Waals surface area contributed by atoms with Gasteiger partial charge in [0.05, 0.1) is 14.9 Å². The number of carbonyl (C=O) groups excluding carboxylic acids is 2. The molecule has 4 aromatic carbocycles. The predicted molar refractivity (Wildman–Crippen MR) is 239 cm³/mol. The fourth-order valence-corrected chi connectivity index (χ4v) is 8.91. The van der Waals surface area contributed by atoms with Crippen LogP contribution in [0.5, 0.6) is 5.75 Å². The van der Waals surface area contributed by atoms with Crippen molar-refractivity contribution in [1.82, 2.24) is 9.78 Å². The number of halogens is 3. The van der Waals surface area contributed by atoms with Crippen molar-refractivity contribution in [1.29, 1.82) is 0 Å². The molecule has 5 rings (SSSR count). The Morgan fingerprint density at radius 1 is 0.831 bits per heavy atom. The molecule has 1 atom stereocenters. The highest BCUT2D eigenvalue weighted by Crippen LogP contribution is 2.39. The van der Waals surface area contributed by atoms with Crippen LogP contribution in [0.2, 0.25) is 15.1 Å². The van der Waals surface area contributed by atoms with E-state index >= 15 is 0 Å². The predicted octanol–water partition coefficient (Wildman–Crippen LogP) is 10.8. The van der Waals surface area contributed by atoms with Gasteiger partial charge in [-0.15, -0.1) is 0 Å². The van der Waals surface area contributed by atoms with Crippen LogP contribution in [0, 0.1) is 0 Å². The van der Waals surface area contributed by atoms with E-state index in [-0.39, 0.29) is 54.4 Å². The number of benzene rings is 4. The Balaban J connectivity index is 1.47. The first-order valence-electron chi connectivity index (χ1n) is 19.4. The van der Waals surface area contributed by atoms with E-state index < -0.39 is 39.2 Å². The Morgan fingerprint density at radius 2 is 1.47 bits per heavy atom. The second kappa shape index (κ2) is 18.3. The van der Waals surface area contributed by atoms with Gasteiger partial charge >= 0.3 is 0 Å². The van der Waals surface area contributed by atoms with Gasteiger partial charge in [-0.1, -0.05) is 120 Å². The lowest BCUT2D eigenvalue weighted by Gasteiger charge is -2.31. The molecule has 0 aliphatic rings. The van der Waals surface area contributed by atoms with Gasteiger partial charge in [-0.25, -0.2) is 13.1 Å². The zero-order valence-electron chi connectivity index (χ0n) is 34.4. The Morgan fingerprint density at radius 3 is 2.07 bits per heavy atom. The van der Waals surface area contributed by atoms with Crippen LogP contribution < -0.4 is 25.2 Å². The SMILES string of the molecule is CCC(Oc1ccc(C(C)(C)CC)cc1C(C)(C)CC)C(=O)Nc1cccc(C(=O)Nc2[nH]n(-c3c(Cl)cc(Cl)cc3Cl)c(=O)c2N(CC)S(=O)(=O)c2ccccc2)c1. The Kier molecular flexibility index (Phi) is 14.0. The first-order valence-corrected chi connectivity index (χ1v) is 22.0. The minimum absolute atomic E-state index is 0.00944. The highest BCUT2D eigenvalue weighted by molar-refractivity contribution is 7.92. The summed E-state index contributed by atoms with van der Waals surface area (Å²) in [4.78, 5) is 41.9. The number of aromatic amines is 1. The second-order valence-corrected chi connectivity index (χ2v) is 18.5. The molecule has 0 saturated heterocycles. The summed E-state index contributed by atoms with van der Waals surface area (Å²) in [5, 5.41) is 8.54. The fourth-order valence-electron chi connectivity index (χ4n) is 6.42. The number of anilines is 3. The molecule has 0 spiro atoms. The van der Waals surface area contributed by atoms with Crippen molar-refractivity contribution in [2.45, 2.75) is 96.5 Å². The molecule has 11 nitrogen and oxygen atoms in total. The molecule has 1 heterocycles. The Bertz CT molecular complexity index is 2490. The zero-order valence-corrected chi connectivity index (χ0v) is 37.5. The largest absolute Gasteiger partial charge is 0.480 e. The third-order valence-electron chi connectivity index (χ3n) is 10.8. The standard InChI is InChI=1S/C44H50Cl3N5O6S/c1-9-35(58-36-22-21-28(43(5,6)10-2)24-32(36)44(7,8)11-3)41(54)48-30-18-16-17-27(23-30)40(53)49-39-38(51(12-4)59(56,57)31-19-14-13-15-20-31)42(55)52(50-39)37-33(46)25-29(45)26-34(37)47/h13-26,35,50H,9-12H2,1-8H3,(H,48,54)(H,49,53). The molecular formula is C44H50Cl3N5O6S. The molecule has 15 heteroatoms. The monoisotopic (exact) mass is 881 g/mol. The molecule has 0 aliphatic heterocycles. The van der Waals surface area contributed by atoms with Gasteiger partial charge in [0.25, 0.3) is 27.4 Å². The van der Waals surface area contributed by atoms with Gasteiger partial charge in [-0.05, 0) is 91.1 Å². The van der Waals surface area contributed by atoms with Gasteiger partial charge in [-0.3, -0.25) is 23.8 Å². The number of carbonyl (C=O) groups is 2. The number of rotatable bonds is 16. The van der Waals surface area contributed by atoms with Gasteiger partial charge in [0.2, 0.25) is 0 Å². The van der Waals surface area contributed by atoms with E-state index in [2.05, 4.69) is 69.4 Å². The summed E-state index contributed by atoms with van der Waals surface area (Å²) in [5.41, 5.74) is 1.09. The minimum Gasteiger partial charge on any atom is -0.480 e. The Hall–Kier alpha value is -4.75. The number of H-pyrrole nitrogens is 1. The van der Waals surface area contributed by atoms with Gasteiger partial charge in [0, 0.05) is 28.4 Å². The van der Waals surface area contributed by atoms with Crippen molar-refractivity contribution in [2.24, 2.45) is 0 Å². The number of nitrogens with one attached hydrogen (secondary N) is 3. The van der Waals surface area contributed by atoms with E-state index in [1.807, 2.05) is 13.0 Å². The molecule has 3 N–H and O–H groups in total. The van der Waals surface area contributed by atoms with Crippen molar-refractivity contribution >= 4 is 73.8 Å². The molecule has 0 saturated carbocycles. The molecule has 0 aliphatic carbocycles. The molecule has 59 heavy (non-hydrogen) atoms. The van der Waals surface area contributed by atoms with E-state index in [0.717, 1.165) is 27.4 Å². The average Bonchev–Trinajstić information content (AvgIpc) is 3.50. The molecule has 0 bridgehead atoms. The molecule has 2 amide bonds. The van der Waals surface area contributed by atoms with E-state index in [9.17, 15) is 22.8 Å². The van der Waals surface area contributed by atoms with Gasteiger partial charge in [0.1, 0.15) is 11.4 Å². The summed E-state index contributed by atoms with van der Waals surface area (Å²) < 4.78 is 36.2.